The topological polar surface area (TPSA) is 9.23 Å². The van der Waals surface area contributed by atoms with Gasteiger partial charge in [-0.3, -0.25) is 0 Å². The molecule has 0 N–H and O–H groups in total. The van der Waals surface area contributed by atoms with Crippen LogP contribution in [0.5, 0.6) is 0 Å². The molecule has 0 saturated carbocycles. The molecule has 0 fully saturated rings. The molecule has 0 aliphatic heterocycles. The molecular weight excluding hydrogens is 232 g/mol. The summed E-state index contributed by atoms with van der Waals surface area (Å²) in [6.45, 7) is 5.93. The van der Waals surface area contributed by atoms with E-state index in [1.807, 2.05) is 0 Å². The van der Waals surface area contributed by atoms with Gasteiger partial charge in [-0.1, -0.05) is 56.3 Å². The van der Waals surface area contributed by atoms with Crippen LogP contribution in [0.25, 0.3) is 11.1 Å². The molecule has 0 bridgehead atoms. The molecule has 0 saturated heterocycles. The Kier molecular flexibility index (Phi) is 3.39. The van der Waals surface area contributed by atoms with Crippen molar-refractivity contribution in [3.05, 3.63) is 59.2 Å². The van der Waals surface area contributed by atoms with Crippen LogP contribution in [-0.4, -0.2) is 6.61 Å². The number of hydrogen-bond donors (Lipinski definition) is 0. The molecule has 0 unspecified atom stereocenters. The first-order chi connectivity index (χ1) is 9.25. The van der Waals surface area contributed by atoms with Gasteiger partial charge in [-0.15, -0.1) is 0 Å². The molecule has 0 radical (unpaired) electrons. The highest BCUT2D eigenvalue weighted by Gasteiger charge is 2.20. The van der Waals surface area contributed by atoms with Crippen molar-refractivity contribution in [2.45, 2.75) is 26.9 Å². The van der Waals surface area contributed by atoms with E-state index in [4.69, 9.17) is 4.74 Å². The van der Waals surface area contributed by atoms with Crippen molar-refractivity contribution in [3.63, 3.8) is 0 Å². The quantitative estimate of drug-likeness (QED) is 0.667. The molecule has 3 rings (SSSR count). The van der Waals surface area contributed by atoms with Gasteiger partial charge in [-0.25, -0.2) is 0 Å². The lowest BCUT2D eigenvalue weighted by Gasteiger charge is -2.10. The average Bonchev–Trinajstić information content (AvgIpc) is 2.78. The largest absolute Gasteiger partial charge is 0.376 e. The molecular formula is C18H20O. The number of hydrogen-bond acceptors (Lipinski definition) is 1. The van der Waals surface area contributed by atoms with E-state index in [9.17, 15) is 0 Å². The maximum atomic E-state index is 5.81. The highest BCUT2D eigenvalue weighted by atomic mass is 16.5. The van der Waals surface area contributed by atoms with Gasteiger partial charge in [0.25, 0.3) is 0 Å². The van der Waals surface area contributed by atoms with E-state index in [-0.39, 0.29) is 0 Å². The van der Waals surface area contributed by atoms with Gasteiger partial charge in [-0.05, 0) is 40.2 Å². The van der Waals surface area contributed by atoms with Crippen LogP contribution in [-0.2, 0) is 17.8 Å². The lowest BCUT2D eigenvalue weighted by molar-refractivity contribution is 0.0967. The first-order valence-electron chi connectivity index (χ1n) is 7.02. The predicted octanol–water partition coefficient (Wildman–Crippen LogP) is 4.43. The predicted molar refractivity (Wildman–Crippen MR) is 79.2 cm³/mol. The van der Waals surface area contributed by atoms with Crippen LogP contribution in [0.3, 0.4) is 0 Å². The monoisotopic (exact) mass is 252 g/mol. The van der Waals surface area contributed by atoms with Crippen LogP contribution >= 0.6 is 0 Å². The van der Waals surface area contributed by atoms with Crippen molar-refractivity contribution in [1.82, 2.24) is 0 Å². The summed E-state index contributed by atoms with van der Waals surface area (Å²) in [5.74, 6) is 0.592. The lowest BCUT2D eigenvalue weighted by Crippen LogP contribution is -2.03. The highest BCUT2D eigenvalue weighted by molar-refractivity contribution is 5.77. The van der Waals surface area contributed by atoms with Gasteiger partial charge in [0.05, 0.1) is 6.61 Å². The Hall–Kier alpha value is -1.60. The van der Waals surface area contributed by atoms with Crippen molar-refractivity contribution in [1.29, 1.82) is 0 Å². The van der Waals surface area contributed by atoms with Crippen LogP contribution in [0.1, 0.15) is 30.5 Å². The van der Waals surface area contributed by atoms with Crippen molar-refractivity contribution >= 4 is 0 Å². The molecule has 1 heteroatoms. The minimum atomic E-state index is 0.592. The molecule has 1 aliphatic rings. The minimum absolute atomic E-state index is 0.592. The SMILES string of the molecule is CC(C)COCc1cccc2c1Cc1ccccc1-2. The van der Waals surface area contributed by atoms with Gasteiger partial charge in [0, 0.05) is 6.61 Å². The van der Waals surface area contributed by atoms with E-state index in [2.05, 4.69) is 56.3 Å². The van der Waals surface area contributed by atoms with E-state index in [1.54, 1.807) is 0 Å². The first kappa shape index (κ1) is 12.4. The van der Waals surface area contributed by atoms with Crippen LogP contribution < -0.4 is 0 Å². The lowest BCUT2D eigenvalue weighted by atomic mass is 10.0. The van der Waals surface area contributed by atoms with E-state index >= 15 is 0 Å². The van der Waals surface area contributed by atoms with Gasteiger partial charge in [-0.2, -0.15) is 0 Å². The smallest absolute Gasteiger partial charge is 0.0719 e. The summed E-state index contributed by atoms with van der Waals surface area (Å²) in [6, 6.07) is 15.3. The van der Waals surface area contributed by atoms with Crippen LogP contribution in [0.4, 0.5) is 0 Å². The van der Waals surface area contributed by atoms with Crippen LogP contribution in [0.15, 0.2) is 42.5 Å². The Morgan fingerprint density at radius 3 is 2.63 bits per heavy atom. The van der Waals surface area contributed by atoms with Gasteiger partial charge in [0.15, 0.2) is 0 Å². The second-order valence-corrected chi connectivity index (χ2v) is 5.69. The summed E-state index contributed by atoms with van der Waals surface area (Å²) in [5.41, 5.74) is 7.01. The zero-order valence-electron chi connectivity index (χ0n) is 11.6. The Bertz CT molecular complexity index is 584. The molecule has 0 heterocycles. The fourth-order valence-electron chi connectivity index (χ4n) is 2.76. The zero-order valence-corrected chi connectivity index (χ0v) is 11.6. The van der Waals surface area contributed by atoms with Crippen LogP contribution in [0.2, 0.25) is 0 Å². The Morgan fingerprint density at radius 2 is 1.79 bits per heavy atom. The maximum absolute atomic E-state index is 5.81. The first-order valence-corrected chi connectivity index (χ1v) is 7.02. The Balaban J connectivity index is 1.86. The number of ether oxygens (including phenoxy) is 1. The van der Waals surface area contributed by atoms with Crippen molar-refractivity contribution < 1.29 is 4.74 Å². The average molecular weight is 252 g/mol. The summed E-state index contributed by atoms with van der Waals surface area (Å²) >= 11 is 0. The minimum Gasteiger partial charge on any atom is -0.376 e. The third kappa shape index (κ3) is 2.43. The van der Waals surface area contributed by atoms with E-state index in [0.717, 1.165) is 19.6 Å². The molecule has 0 atom stereocenters. The second kappa shape index (κ2) is 5.18. The summed E-state index contributed by atoms with van der Waals surface area (Å²) in [7, 11) is 0. The van der Waals surface area contributed by atoms with E-state index < -0.39 is 0 Å². The molecule has 2 aromatic carbocycles. The summed E-state index contributed by atoms with van der Waals surface area (Å²) in [6.07, 6.45) is 1.05. The zero-order chi connectivity index (χ0) is 13.2. The second-order valence-electron chi connectivity index (χ2n) is 5.69. The third-order valence-corrected chi connectivity index (χ3v) is 3.66. The molecule has 0 spiro atoms. The Labute approximate surface area is 115 Å². The normalized spacial score (nSPS) is 12.6. The molecule has 1 nitrogen and oxygen atoms in total. The van der Waals surface area contributed by atoms with Gasteiger partial charge >= 0.3 is 0 Å². The summed E-state index contributed by atoms with van der Waals surface area (Å²) in [4.78, 5) is 0. The van der Waals surface area contributed by atoms with E-state index in [0.29, 0.717) is 5.92 Å². The summed E-state index contributed by atoms with van der Waals surface area (Å²) in [5, 5.41) is 0. The summed E-state index contributed by atoms with van der Waals surface area (Å²) < 4.78 is 5.81. The third-order valence-electron chi connectivity index (χ3n) is 3.66. The van der Waals surface area contributed by atoms with Crippen molar-refractivity contribution in [3.8, 4) is 11.1 Å². The molecule has 1 aliphatic carbocycles. The standard InChI is InChI=1S/C18H20O/c1-13(2)11-19-12-15-7-5-9-17-16-8-4-3-6-14(16)10-18(15)17/h3-9,13H,10-12H2,1-2H3. The number of fused-ring (bicyclic) bond motifs is 3. The maximum Gasteiger partial charge on any atom is 0.0719 e. The highest BCUT2D eigenvalue weighted by Crippen LogP contribution is 2.38. The fourth-order valence-corrected chi connectivity index (χ4v) is 2.76. The van der Waals surface area contributed by atoms with Gasteiger partial charge < -0.3 is 4.74 Å². The molecule has 19 heavy (non-hydrogen) atoms. The Morgan fingerprint density at radius 1 is 1.00 bits per heavy atom. The van der Waals surface area contributed by atoms with Crippen molar-refractivity contribution in [2.24, 2.45) is 5.92 Å². The fraction of sp³-hybridized carbons (Fsp3) is 0.333. The van der Waals surface area contributed by atoms with Crippen LogP contribution in [0, 0.1) is 5.92 Å². The number of benzene rings is 2. The van der Waals surface area contributed by atoms with Crippen molar-refractivity contribution in [2.75, 3.05) is 6.61 Å². The molecule has 0 aromatic heterocycles. The van der Waals surface area contributed by atoms with E-state index in [1.165, 1.54) is 27.8 Å². The molecule has 0 amide bonds. The van der Waals surface area contributed by atoms with Gasteiger partial charge in [0.1, 0.15) is 0 Å². The molecule has 2 aromatic rings. The number of rotatable bonds is 4. The molecule has 98 valence electrons. The van der Waals surface area contributed by atoms with Gasteiger partial charge in [0.2, 0.25) is 0 Å².